The van der Waals surface area contributed by atoms with Gasteiger partial charge >= 0.3 is 0 Å². The smallest absolute Gasteiger partial charge is 0.280 e. The van der Waals surface area contributed by atoms with Crippen LogP contribution in [0.25, 0.3) is 11.3 Å². The minimum absolute atomic E-state index is 0.0204. The van der Waals surface area contributed by atoms with Gasteiger partial charge in [0.05, 0.1) is 23.2 Å². The molecule has 0 atom stereocenters. The van der Waals surface area contributed by atoms with Gasteiger partial charge in [-0.2, -0.15) is 0 Å². The van der Waals surface area contributed by atoms with E-state index in [1.165, 1.54) is 12.3 Å². The molecular formula is C15H19N3O3. The molecule has 0 unspecified atom stereocenters. The first-order valence-electron chi connectivity index (χ1n) is 6.71. The number of nitrogens with zero attached hydrogens (tertiary/aromatic N) is 2. The van der Waals surface area contributed by atoms with Crippen molar-refractivity contribution in [3.8, 4) is 11.3 Å². The van der Waals surface area contributed by atoms with E-state index < -0.39 is 4.92 Å². The van der Waals surface area contributed by atoms with Crippen molar-refractivity contribution in [1.82, 2.24) is 10.3 Å². The van der Waals surface area contributed by atoms with E-state index in [1.807, 2.05) is 27.7 Å². The van der Waals surface area contributed by atoms with Crippen LogP contribution in [-0.2, 0) is 6.54 Å². The first-order valence-corrected chi connectivity index (χ1v) is 6.71. The van der Waals surface area contributed by atoms with Crippen LogP contribution in [0.2, 0.25) is 0 Å². The van der Waals surface area contributed by atoms with Gasteiger partial charge in [-0.25, -0.2) is 4.98 Å². The largest absolute Gasteiger partial charge is 0.439 e. The summed E-state index contributed by atoms with van der Waals surface area (Å²) in [4.78, 5) is 14.9. The number of rotatable bonds is 4. The molecule has 0 bridgehead atoms. The molecule has 0 saturated heterocycles. The molecule has 112 valence electrons. The maximum Gasteiger partial charge on any atom is 0.280 e. The molecule has 2 aromatic rings. The van der Waals surface area contributed by atoms with Gasteiger partial charge in [0.2, 0.25) is 5.89 Å². The van der Waals surface area contributed by atoms with Crippen molar-refractivity contribution in [3.05, 3.63) is 46.0 Å². The summed E-state index contributed by atoms with van der Waals surface area (Å²) >= 11 is 0. The summed E-state index contributed by atoms with van der Waals surface area (Å²) in [6.45, 7) is 8.49. The summed E-state index contributed by atoms with van der Waals surface area (Å²) in [5.41, 5.74) is 1.35. The predicted octanol–water partition coefficient (Wildman–Crippen LogP) is 3.45. The number of oxazole rings is 1. The van der Waals surface area contributed by atoms with Gasteiger partial charge in [-0.3, -0.25) is 10.1 Å². The second-order valence-electron chi connectivity index (χ2n) is 6.00. The molecule has 0 aliphatic rings. The molecule has 0 spiro atoms. The van der Waals surface area contributed by atoms with Gasteiger partial charge in [0.1, 0.15) is 0 Å². The molecule has 0 saturated carbocycles. The third kappa shape index (κ3) is 3.88. The normalized spacial score (nSPS) is 11.6. The van der Waals surface area contributed by atoms with E-state index >= 15 is 0 Å². The molecule has 0 amide bonds. The summed E-state index contributed by atoms with van der Waals surface area (Å²) in [5, 5.41) is 14.4. The van der Waals surface area contributed by atoms with Crippen molar-refractivity contribution in [2.24, 2.45) is 0 Å². The summed E-state index contributed by atoms with van der Waals surface area (Å²) in [7, 11) is 0. The lowest BCUT2D eigenvalue weighted by atomic mass is 10.1. The van der Waals surface area contributed by atoms with Gasteiger partial charge < -0.3 is 9.73 Å². The van der Waals surface area contributed by atoms with Crippen molar-refractivity contribution in [3.63, 3.8) is 0 Å². The van der Waals surface area contributed by atoms with Crippen molar-refractivity contribution in [2.45, 2.75) is 39.8 Å². The lowest BCUT2D eigenvalue weighted by molar-refractivity contribution is -0.384. The fourth-order valence-electron chi connectivity index (χ4n) is 1.86. The second kappa shape index (κ2) is 5.65. The highest BCUT2D eigenvalue weighted by molar-refractivity contribution is 5.69. The van der Waals surface area contributed by atoms with Gasteiger partial charge in [-0.15, -0.1) is 0 Å². The van der Waals surface area contributed by atoms with Gasteiger partial charge in [0.25, 0.3) is 5.69 Å². The fourth-order valence-corrected chi connectivity index (χ4v) is 1.86. The maximum absolute atomic E-state index is 11.1. The SMILES string of the molecule is Cc1ccc([N+](=O)[O-])c(-c2cnc(CNC(C)(C)C)o2)c1. The molecule has 2 rings (SSSR count). The molecule has 1 aromatic heterocycles. The Morgan fingerprint density at radius 3 is 2.71 bits per heavy atom. The summed E-state index contributed by atoms with van der Waals surface area (Å²) in [5.74, 6) is 0.923. The highest BCUT2D eigenvalue weighted by Gasteiger charge is 2.19. The van der Waals surface area contributed by atoms with Gasteiger partial charge in [-0.1, -0.05) is 6.07 Å². The Bertz CT molecular complexity index is 656. The van der Waals surface area contributed by atoms with Gasteiger partial charge in [-0.05, 0) is 39.3 Å². The third-order valence-electron chi connectivity index (χ3n) is 2.94. The Balaban J connectivity index is 2.29. The average molecular weight is 289 g/mol. The van der Waals surface area contributed by atoms with E-state index in [4.69, 9.17) is 4.42 Å². The number of nitro benzene ring substituents is 1. The summed E-state index contributed by atoms with van der Waals surface area (Å²) in [6.07, 6.45) is 1.53. The first kappa shape index (κ1) is 15.2. The quantitative estimate of drug-likeness (QED) is 0.688. The van der Waals surface area contributed by atoms with Crippen LogP contribution < -0.4 is 5.32 Å². The van der Waals surface area contributed by atoms with E-state index in [2.05, 4.69) is 10.3 Å². The van der Waals surface area contributed by atoms with E-state index in [0.29, 0.717) is 23.8 Å². The highest BCUT2D eigenvalue weighted by Crippen LogP contribution is 2.31. The Morgan fingerprint density at radius 1 is 1.38 bits per heavy atom. The zero-order chi connectivity index (χ0) is 15.6. The third-order valence-corrected chi connectivity index (χ3v) is 2.94. The Hall–Kier alpha value is -2.21. The number of aryl methyl sites for hydroxylation is 1. The van der Waals surface area contributed by atoms with Crippen LogP contribution in [0.3, 0.4) is 0 Å². The number of benzene rings is 1. The first-order chi connectivity index (χ1) is 9.76. The van der Waals surface area contributed by atoms with Crippen molar-refractivity contribution < 1.29 is 9.34 Å². The predicted molar refractivity (Wildman–Crippen MR) is 79.9 cm³/mol. The fraction of sp³-hybridized carbons (Fsp3) is 0.400. The lowest BCUT2D eigenvalue weighted by Gasteiger charge is -2.18. The molecule has 1 N–H and O–H groups in total. The van der Waals surface area contributed by atoms with Crippen LogP contribution >= 0.6 is 0 Å². The molecule has 1 heterocycles. The molecule has 21 heavy (non-hydrogen) atoms. The molecule has 6 nitrogen and oxygen atoms in total. The van der Waals surface area contributed by atoms with Crippen LogP contribution in [0, 0.1) is 17.0 Å². The average Bonchev–Trinajstić information content (AvgIpc) is 2.83. The van der Waals surface area contributed by atoms with Crippen LogP contribution in [-0.4, -0.2) is 15.4 Å². The Morgan fingerprint density at radius 2 is 2.10 bits per heavy atom. The monoisotopic (exact) mass is 289 g/mol. The topological polar surface area (TPSA) is 81.2 Å². The van der Waals surface area contributed by atoms with Crippen molar-refractivity contribution in [1.29, 1.82) is 0 Å². The van der Waals surface area contributed by atoms with E-state index in [9.17, 15) is 10.1 Å². The van der Waals surface area contributed by atoms with E-state index in [-0.39, 0.29) is 11.2 Å². The summed E-state index contributed by atoms with van der Waals surface area (Å²) in [6, 6.07) is 4.93. The minimum Gasteiger partial charge on any atom is -0.439 e. The molecule has 6 heteroatoms. The Kier molecular flexibility index (Phi) is 4.09. The zero-order valence-corrected chi connectivity index (χ0v) is 12.6. The Labute approximate surface area is 123 Å². The second-order valence-corrected chi connectivity index (χ2v) is 6.00. The van der Waals surface area contributed by atoms with Crippen LogP contribution in [0.15, 0.2) is 28.8 Å². The molecule has 0 fully saturated rings. The molecule has 1 aromatic carbocycles. The van der Waals surface area contributed by atoms with Crippen molar-refractivity contribution >= 4 is 5.69 Å². The zero-order valence-electron chi connectivity index (χ0n) is 12.6. The number of nitrogens with one attached hydrogen (secondary N) is 1. The molecule has 0 radical (unpaired) electrons. The minimum atomic E-state index is -0.412. The van der Waals surface area contributed by atoms with Crippen molar-refractivity contribution in [2.75, 3.05) is 0 Å². The van der Waals surface area contributed by atoms with Gasteiger partial charge in [0, 0.05) is 11.6 Å². The van der Waals surface area contributed by atoms with E-state index in [0.717, 1.165) is 5.56 Å². The van der Waals surface area contributed by atoms with E-state index in [1.54, 1.807) is 12.1 Å². The molecule has 0 aliphatic carbocycles. The van der Waals surface area contributed by atoms with Crippen LogP contribution in [0.1, 0.15) is 32.2 Å². The standard InChI is InChI=1S/C15H19N3O3/c1-10-5-6-12(18(19)20)11(7-10)13-8-16-14(21-13)9-17-15(2,3)4/h5-8,17H,9H2,1-4H3. The maximum atomic E-state index is 11.1. The number of hydrogen-bond donors (Lipinski definition) is 1. The number of aromatic nitrogens is 1. The molecular weight excluding hydrogens is 270 g/mol. The summed E-state index contributed by atoms with van der Waals surface area (Å²) < 4.78 is 5.63. The number of hydrogen-bond acceptors (Lipinski definition) is 5. The van der Waals surface area contributed by atoms with Gasteiger partial charge in [0.15, 0.2) is 5.76 Å². The highest BCUT2D eigenvalue weighted by atomic mass is 16.6. The van der Waals surface area contributed by atoms with Crippen LogP contribution in [0.4, 0.5) is 5.69 Å². The van der Waals surface area contributed by atoms with Crippen LogP contribution in [0.5, 0.6) is 0 Å². The number of nitro groups is 1. The lowest BCUT2D eigenvalue weighted by Crippen LogP contribution is -2.35. The molecule has 0 aliphatic heterocycles.